The summed E-state index contributed by atoms with van der Waals surface area (Å²) in [5.41, 5.74) is 0. The molecule has 5 heteroatoms. The summed E-state index contributed by atoms with van der Waals surface area (Å²) < 4.78 is 0. The summed E-state index contributed by atoms with van der Waals surface area (Å²) in [6, 6.07) is 1.61. The molecule has 5 nitrogen and oxygen atoms in total. The molecule has 0 aromatic rings. The number of urea groups is 1. The zero-order chi connectivity index (χ0) is 14.1. The third-order valence-corrected chi connectivity index (χ3v) is 5.31. The molecular formula is C15H28N4O. The highest BCUT2D eigenvalue weighted by Gasteiger charge is 2.39. The van der Waals surface area contributed by atoms with Crippen LogP contribution in [0, 0.1) is 5.92 Å². The van der Waals surface area contributed by atoms with E-state index in [2.05, 4.69) is 10.2 Å². The Kier molecular flexibility index (Phi) is 4.17. The van der Waals surface area contributed by atoms with Crippen molar-refractivity contribution in [3.63, 3.8) is 0 Å². The van der Waals surface area contributed by atoms with Crippen LogP contribution in [-0.4, -0.2) is 79.6 Å². The van der Waals surface area contributed by atoms with Crippen molar-refractivity contribution in [3.8, 4) is 0 Å². The third kappa shape index (κ3) is 2.66. The van der Waals surface area contributed by atoms with Crippen molar-refractivity contribution in [1.29, 1.82) is 0 Å². The molecule has 114 valence electrons. The Balaban J connectivity index is 1.56. The van der Waals surface area contributed by atoms with E-state index in [0.717, 1.165) is 37.9 Å². The molecule has 2 atom stereocenters. The Bertz CT molecular complexity index is 352. The summed E-state index contributed by atoms with van der Waals surface area (Å²) in [4.78, 5) is 18.4. The number of fused-ring (bicyclic) bond motifs is 1. The smallest absolute Gasteiger partial charge is 0.319 e. The number of nitrogens with one attached hydrogen (secondary N) is 1. The molecule has 0 saturated carbocycles. The fourth-order valence-corrected chi connectivity index (χ4v) is 4.23. The maximum absolute atomic E-state index is 12.0. The molecule has 3 fully saturated rings. The van der Waals surface area contributed by atoms with E-state index in [-0.39, 0.29) is 6.03 Å². The highest BCUT2D eigenvalue weighted by Crippen LogP contribution is 2.31. The molecule has 3 saturated heterocycles. The first-order valence-corrected chi connectivity index (χ1v) is 8.09. The average molecular weight is 280 g/mol. The molecule has 1 N–H and O–H groups in total. The van der Waals surface area contributed by atoms with E-state index < -0.39 is 0 Å². The van der Waals surface area contributed by atoms with Crippen molar-refractivity contribution in [1.82, 2.24) is 20.0 Å². The van der Waals surface area contributed by atoms with E-state index in [1.54, 1.807) is 4.90 Å². The zero-order valence-corrected chi connectivity index (χ0v) is 12.8. The van der Waals surface area contributed by atoms with Gasteiger partial charge in [-0.25, -0.2) is 4.79 Å². The van der Waals surface area contributed by atoms with Gasteiger partial charge in [0.15, 0.2) is 0 Å². The van der Waals surface area contributed by atoms with E-state index >= 15 is 0 Å². The van der Waals surface area contributed by atoms with Crippen LogP contribution in [0.3, 0.4) is 0 Å². The number of rotatable bonds is 1. The lowest BCUT2D eigenvalue weighted by Gasteiger charge is -2.45. The fourth-order valence-electron chi connectivity index (χ4n) is 4.23. The maximum Gasteiger partial charge on any atom is 0.319 e. The van der Waals surface area contributed by atoms with Gasteiger partial charge in [-0.2, -0.15) is 0 Å². The van der Waals surface area contributed by atoms with Gasteiger partial charge in [-0.15, -0.1) is 0 Å². The van der Waals surface area contributed by atoms with Crippen molar-refractivity contribution in [2.75, 3.05) is 46.8 Å². The second kappa shape index (κ2) is 5.90. The molecule has 0 aromatic carbocycles. The van der Waals surface area contributed by atoms with E-state index in [0.29, 0.717) is 6.04 Å². The van der Waals surface area contributed by atoms with E-state index in [1.165, 1.54) is 32.5 Å². The molecule has 20 heavy (non-hydrogen) atoms. The van der Waals surface area contributed by atoms with Gasteiger partial charge < -0.3 is 15.1 Å². The molecule has 0 aromatic heterocycles. The van der Waals surface area contributed by atoms with Crippen LogP contribution >= 0.6 is 0 Å². The molecular weight excluding hydrogens is 252 g/mol. The molecule has 2 unspecified atom stereocenters. The number of hydrogen-bond acceptors (Lipinski definition) is 3. The van der Waals surface area contributed by atoms with Gasteiger partial charge in [-0.1, -0.05) is 0 Å². The quantitative estimate of drug-likeness (QED) is 0.773. The van der Waals surface area contributed by atoms with Crippen LogP contribution in [0.2, 0.25) is 0 Å². The van der Waals surface area contributed by atoms with Crippen molar-refractivity contribution < 1.29 is 4.79 Å². The average Bonchev–Trinajstić information content (AvgIpc) is 2.95. The monoisotopic (exact) mass is 280 g/mol. The summed E-state index contributed by atoms with van der Waals surface area (Å²) in [6.07, 6.45) is 5.03. The van der Waals surface area contributed by atoms with Gasteiger partial charge in [0.05, 0.1) is 0 Å². The Labute approximate surface area is 122 Å². The van der Waals surface area contributed by atoms with Gasteiger partial charge in [0.1, 0.15) is 0 Å². The van der Waals surface area contributed by atoms with Crippen LogP contribution in [0.5, 0.6) is 0 Å². The van der Waals surface area contributed by atoms with Crippen LogP contribution in [0.4, 0.5) is 4.79 Å². The Morgan fingerprint density at radius 2 is 1.85 bits per heavy atom. The minimum absolute atomic E-state index is 0.169. The summed E-state index contributed by atoms with van der Waals surface area (Å²) in [5, 5.41) is 3.56. The van der Waals surface area contributed by atoms with E-state index in [1.807, 2.05) is 19.0 Å². The zero-order valence-electron chi connectivity index (χ0n) is 12.8. The number of piperidine rings is 2. The van der Waals surface area contributed by atoms with Crippen molar-refractivity contribution in [2.24, 2.45) is 5.92 Å². The lowest BCUT2D eigenvalue weighted by atomic mass is 9.89. The van der Waals surface area contributed by atoms with Gasteiger partial charge >= 0.3 is 6.03 Å². The summed E-state index contributed by atoms with van der Waals surface area (Å²) in [7, 11) is 3.68. The van der Waals surface area contributed by atoms with Crippen LogP contribution in [0.25, 0.3) is 0 Å². The number of amides is 2. The number of nitrogens with zero attached hydrogens (tertiary/aromatic N) is 3. The maximum atomic E-state index is 12.0. The minimum Gasteiger partial charge on any atom is -0.331 e. The second-order valence-corrected chi connectivity index (χ2v) is 6.76. The lowest BCUT2D eigenvalue weighted by molar-refractivity contribution is 0.0433. The van der Waals surface area contributed by atoms with E-state index in [4.69, 9.17) is 0 Å². The van der Waals surface area contributed by atoms with Gasteiger partial charge in [0.25, 0.3) is 0 Å². The molecule has 3 rings (SSSR count). The standard InChI is InChI=1S/C15H28N4O/c1-17(2)15(20)18-8-5-13(6-9-18)19-7-3-4-12-10-16-11-14(12)19/h12-14,16H,3-11H2,1-2H3. The van der Waals surface area contributed by atoms with Crippen LogP contribution < -0.4 is 5.32 Å². The number of likely N-dealkylation sites (tertiary alicyclic amines) is 2. The van der Waals surface area contributed by atoms with Crippen molar-refractivity contribution >= 4 is 6.03 Å². The highest BCUT2D eigenvalue weighted by atomic mass is 16.2. The largest absolute Gasteiger partial charge is 0.331 e. The molecule has 3 heterocycles. The van der Waals surface area contributed by atoms with Crippen LogP contribution in [0.1, 0.15) is 25.7 Å². The molecule has 0 radical (unpaired) electrons. The van der Waals surface area contributed by atoms with Crippen LogP contribution in [-0.2, 0) is 0 Å². The van der Waals surface area contributed by atoms with E-state index in [9.17, 15) is 4.79 Å². The van der Waals surface area contributed by atoms with Gasteiger partial charge in [-0.3, -0.25) is 4.90 Å². The predicted molar refractivity (Wildman–Crippen MR) is 79.8 cm³/mol. The SMILES string of the molecule is CN(C)C(=O)N1CCC(N2CCCC3CNCC32)CC1. The summed E-state index contributed by atoms with van der Waals surface area (Å²) >= 11 is 0. The number of hydrogen-bond donors (Lipinski definition) is 1. The molecule has 0 spiro atoms. The van der Waals surface area contributed by atoms with Gasteiger partial charge in [-0.05, 0) is 44.7 Å². The Morgan fingerprint density at radius 1 is 1.10 bits per heavy atom. The first-order valence-electron chi connectivity index (χ1n) is 8.09. The summed E-state index contributed by atoms with van der Waals surface area (Å²) in [5.74, 6) is 0.866. The topological polar surface area (TPSA) is 38.8 Å². The van der Waals surface area contributed by atoms with Crippen molar-refractivity contribution in [3.05, 3.63) is 0 Å². The number of carbonyl (C=O) groups is 1. The van der Waals surface area contributed by atoms with Gasteiger partial charge in [0, 0.05) is 45.8 Å². The first-order chi connectivity index (χ1) is 9.66. The third-order valence-electron chi connectivity index (χ3n) is 5.31. The Hall–Kier alpha value is -0.810. The molecule has 2 amide bonds. The lowest BCUT2D eigenvalue weighted by Crippen LogP contribution is -2.55. The Morgan fingerprint density at radius 3 is 2.55 bits per heavy atom. The molecule has 3 aliphatic rings. The number of carbonyl (C=O) groups excluding carboxylic acids is 1. The highest BCUT2D eigenvalue weighted by molar-refractivity contribution is 5.73. The van der Waals surface area contributed by atoms with Crippen LogP contribution in [0.15, 0.2) is 0 Å². The predicted octanol–water partition coefficient (Wildman–Crippen LogP) is 0.816. The molecule has 3 aliphatic heterocycles. The van der Waals surface area contributed by atoms with Gasteiger partial charge in [0.2, 0.25) is 0 Å². The summed E-state index contributed by atoms with van der Waals surface area (Å²) in [6.45, 7) is 5.47. The first kappa shape index (κ1) is 14.1. The fraction of sp³-hybridized carbons (Fsp3) is 0.933. The normalized spacial score (nSPS) is 32.2. The second-order valence-electron chi connectivity index (χ2n) is 6.76. The molecule has 0 aliphatic carbocycles. The molecule has 0 bridgehead atoms. The minimum atomic E-state index is 0.169. The van der Waals surface area contributed by atoms with Crippen molar-refractivity contribution in [2.45, 2.75) is 37.8 Å².